The molecule has 2 rings (SSSR count). The van der Waals surface area contributed by atoms with Crippen LogP contribution in [0.5, 0.6) is 0 Å². The molecule has 2 heterocycles. The van der Waals surface area contributed by atoms with Gasteiger partial charge < -0.3 is 15.5 Å². The van der Waals surface area contributed by atoms with Crippen LogP contribution in [0.4, 0.5) is 11.8 Å². The number of rotatable bonds is 3. The first-order valence-corrected chi connectivity index (χ1v) is 5.34. The average Bonchev–Trinajstić information content (AvgIpc) is 2.70. The van der Waals surface area contributed by atoms with Crippen LogP contribution < -0.4 is 11.1 Å². The third-order valence-electron chi connectivity index (χ3n) is 2.35. The molecule has 0 radical (unpaired) electrons. The number of nitrogens with one attached hydrogen (secondary N) is 1. The summed E-state index contributed by atoms with van der Waals surface area (Å²) >= 11 is 0. The zero-order valence-corrected chi connectivity index (χ0v) is 10.1. The van der Waals surface area contributed by atoms with Crippen LogP contribution in [0.2, 0.25) is 0 Å². The first kappa shape index (κ1) is 11.4. The number of aryl methyl sites for hydroxylation is 2. The fraction of sp³-hybridized carbons (Fsp3) is 0.364. The van der Waals surface area contributed by atoms with Crippen molar-refractivity contribution in [2.45, 2.75) is 26.8 Å². The zero-order valence-electron chi connectivity index (χ0n) is 10.1. The van der Waals surface area contributed by atoms with Crippen LogP contribution in [0.15, 0.2) is 16.8 Å². The van der Waals surface area contributed by atoms with Crippen molar-refractivity contribution < 1.29 is 4.42 Å². The number of nitrogen functional groups attached to an aromatic ring is 1. The third kappa shape index (κ3) is 2.52. The lowest BCUT2D eigenvalue weighted by Gasteiger charge is -2.12. The Bertz CT molecular complexity index is 522. The highest BCUT2D eigenvalue weighted by Gasteiger charge is 2.13. The van der Waals surface area contributed by atoms with Crippen LogP contribution in [0.25, 0.3) is 0 Å². The molecular weight excluding hydrogens is 218 g/mol. The second kappa shape index (κ2) is 4.40. The molecule has 2 aromatic rings. The van der Waals surface area contributed by atoms with E-state index in [2.05, 4.69) is 20.3 Å². The third-order valence-corrected chi connectivity index (χ3v) is 2.35. The van der Waals surface area contributed by atoms with Gasteiger partial charge in [0.1, 0.15) is 17.6 Å². The minimum Gasteiger partial charge on any atom is -0.444 e. The number of hydrogen-bond acceptors (Lipinski definition) is 6. The lowest BCUT2D eigenvalue weighted by molar-refractivity contribution is 0.453. The van der Waals surface area contributed by atoms with Crippen molar-refractivity contribution in [3.8, 4) is 0 Å². The summed E-state index contributed by atoms with van der Waals surface area (Å²) < 4.78 is 5.44. The van der Waals surface area contributed by atoms with E-state index in [4.69, 9.17) is 10.2 Å². The van der Waals surface area contributed by atoms with Gasteiger partial charge in [-0.2, -0.15) is 4.98 Å². The predicted molar refractivity (Wildman–Crippen MR) is 64.5 cm³/mol. The summed E-state index contributed by atoms with van der Waals surface area (Å²) in [4.78, 5) is 12.2. The van der Waals surface area contributed by atoms with Gasteiger partial charge in [-0.15, -0.1) is 0 Å². The molecule has 3 N–H and O–H groups in total. The minimum absolute atomic E-state index is 0.0725. The molecule has 0 saturated carbocycles. The fourth-order valence-corrected chi connectivity index (χ4v) is 1.44. The number of anilines is 2. The molecule has 1 unspecified atom stereocenters. The van der Waals surface area contributed by atoms with Crippen molar-refractivity contribution in [3.63, 3.8) is 0 Å². The molecule has 6 heteroatoms. The number of nitrogens with two attached hydrogens (primary N) is 1. The van der Waals surface area contributed by atoms with E-state index in [0.717, 1.165) is 11.3 Å². The van der Waals surface area contributed by atoms with Crippen molar-refractivity contribution >= 4 is 11.8 Å². The van der Waals surface area contributed by atoms with Crippen molar-refractivity contribution in [1.82, 2.24) is 15.0 Å². The van der Waals surface area contributed by atoms with Crippen LogP contribution in [-0.2, 0) is 0 Å². The van der Waals surface area contributed by atoms with E-state index in [0.29, 0.717) is 11.7 Å². The Kier molecular flexibility index (Phi) is 2.95. The maximum absolute atomic E-state index is 5.54. The van der Waals surface area contributed by atoms with Gasteiger partial charge in [-0.3, -0.25) is 0 Å². The number of nitrogens with zero attached hydrogens (tertiary/aromatic N) is 3. The van der Waals surface area contributed by atoms with Crippen LogP contribution in [0, 0.1) is 13.8 Å². The van der Waals surface area contributed by atoms with E-state index in [1.807, 2.05) is 20.8 Å². The van der Waals surface area contributed by atoms with Crippen molar-refractivity contribution in [2.24, 2.45) is 0 Å². The molecule has 0 bridgehead atoms. The first-order valence-electron chi connectivity index (χ1n) is 5.34. The lowest BCUT2D eigenvalue weighted by atomic mass is 10.3. The van der Waals surface area contributed by atoms with Gasteiger partial charge in [-0.05, 0) is 20.8 Å². The van der Waals surface area contributed by atoms with Crippen LogP contribution >= 0.6 is 0 Å². The average molecular weight is 233 g/mol. The van der Waals surface area contributed by atoms with Gasteiger partial charge >= 0.3 is 0 Å². The molecule has 0 spiro atoms. The molecule has 0 amide bonds. The zero-order chi connectivity index (χ0) is 12.4. The molecule has 0 saturated heterocycles. The van der Waals surface area contributed by atoms with Crippen molar-refractivity contribution in [3.05, 3.63) is 29.6 Å². The van der Waals surface area contributed by atoms with Gasteiger partial charge in [0.2, 0.25) is 11.8 Å². The highest BCUT2D eigenvalue weighted by molar-refractivity contribution is 5.46. The summed E-state index contributed by atoms with van der Waals surface area (Å²) in [5.41, 5.74) is 6.47. The normalized spacial score (nSPS) is 12.4. The smallest absolute Gasteiger partial charge is 0.221 e. The van der Waals surface area contributed by atoms with Gasteiger partial charge in [-0.1, -0.05) is 0 Å². The highest BCUT2D eigenvalue weighted by Crippen LogP contribution is 2.20. The molecule has 17 heavy (non-hydrogen) atoms. The maximum atomic E-state index is 5.54. The van der Waals surface area contributed by atoms with E-state index in [1.54, 1.807) is 12.4 Å². The predicted octanol–water partition coefficient (Wildman–Crippen LogP) is 1.84. The van der Waals surface area contributed by atoms with Gasteiger partial charge in [0.05, 0.1) is 6.20 Å². The topological polar surface area (TPSA) is 89.9 Å². The Balaban J connectivity index is 2.18. The summed E-state index contributed by atoms with van der Waals surface area (Å²) in [6, 6.07) is -0.0725. The summed E-state index contributed by atoms with van der Waals surface area (Å²) in [6.45, 7) is 5.72. The molecule has 90 valence electrons. The molecule has 6 nitrogen and oxygen atoms in total. The Morgan fingerprint density at radius 3 is 2.71 bits per heavy atom. The first-order chi connectivity index (χ1) is 8.06. The summed E-state index contributed by atoms with van der Waals surface area (Å²) in [6.07, 6.45) is 3.37. The van der Waals surface area contributed by atoms with Gasteiger partial charge in [-0.25, -0.2) is 9.97 Å². The van der Waals surface area contributed by atoms with E-state index in [9.17, 15) is 0 Å². The van der Waals surface area contributed by atoms with Gasteiger partial charge in [0.15, 0.2) is 0 Å². The number of aromatic nitrogens is 3. The van der Waals surface area contributed by atoms with E-state index >= 15 is 0 Å². The number of oxazole rings is 1. The van der Waals surface area contributed by atoms with E-state index < -0.39 is 0 Å². The molecule has 0 aliphatic heterocycles. The maximum Gasteiger partial charge on any atom is 0.221 e. The fourth-order valence-electron chi connectivity index (χ4n) is 1.44. The summed E-state index contributed by atoms with van der Waals surface area (Å²) in [5.74, 6) is 2.35. The lowest BCUT2D eigenvalue weighted by Crippen LogP contribution is -2.11. The Morgan fingerprint density at radius 2 is 2.06 bits per heavy atom. The number of hydrogen-bond donors (Lipinski definition) is 2. The molecule has 1 atom stereocenters. The SMILES string of the molecule is Cc1cnc(C(C)Nc2nc(N)ncc2C)o1. The Labute approximate surface area is 99.3 Å². The minimum atomic E-state index is -0.0725. The molecule has 0 aliphatic rings. The molecular formula is C11H15N5O. The molecule has 0 aliphatic carbocycles. The summed E-state index contributed by atoms with van der Waals surface area (Å²) in [5, 5.41) is 3.19. The second-order valence-corrected chi connectivity index (χ2v) is 3.93. The molecule has 2 aromatic heterocycles. The van der Waals surface area contributed by atoms with Crippen LogP contribution in [-0.4, -0.2) is 15.0 Å². The van der Waals surface area contributed by atoms with Gasteiger partial charge in [0.25, 0.3) is 0 Å². The van der Waals surface area contributed by atoms with Gasteiger partial charge in [0, 0.05) is 11.8 Å². The van der Waals surface area contributed by atoms with Crippen molar-refractivity contribution in [2.75, 3.05) is 11.1 Å². The van der Waals surface area contributed by atoms with E-state index in [1.165, 1.54) is 0 Å². The van der Waals surface area contributed by atoms with Crippen LogP contribution in [0.3, 0.4) is 0 Å². The highest BCUT2D eigenvalue weighted by atomic mass is 16.4. The second-order valence-electron chi connectivity index (χ2n) is 3.93. The Morgan fingerprint density at radius 1 is 1.29 bits per heavy atom. The summed E-state index contributed by atoms with van der Waals surface area (Å²) in [7, 11) is 0. The molecule has 0 aromatic carbocycles. The largest absolute Gasteiger partial charge is 0.444 e. The van der Waals surface area contributed by atoms with E-state index in [-0.39, 0.29) is 12.0 Å². The van der Waals surface area contributed by atoms with Crippen LogP contribution in [0.1, 0.15) is 30.2 Å². The Hall–Kier alpha value is -2.11. The molecule has 0 fully saturated rings. The van der Waals surface area contributed by atoms with Crippen molar-refractivity contribution in [1.29, 1.82) is 0 Å². The quantitative estimate of drug-likeness (QED) is 0.840. The standard InChI is InChI=1S/C11H15N5O/c1-6-4-14-11(12)16-9(6)15-8(3)10-13-5-7(2)17-10/h4-5,8H,1-3H3,(H3,12,14,15,16). The monoisotopic (exact) mass is 233 g/mol.